The number of non-ortho nitro benzene ring substituents is 1. The van der Waals surface area contributed by atoms with Crippen LogP contribution < -0.4 is 19.5 Å². The lowest BCUT2D eigenvalue weighted by molar-refractivity contribution is -0.384. The average Bonchev–Trinajstić information content (AvgIpc) is 2.71. The SMILES string of the molecule is CCOc1ccc(OCC(=O)NCCNS(=O)(=O)c2ccc([N+](=O)[O-])cc2)cc1. The fourth-order valence-electron chi connectivity index (χ4n) is 2.22. The summed E-state index contributed by atoms with van der Waals surface area (Å²) >= 11 is 0. The van der Waals surface area contributed by atoms with Crippen molar-refractivity contribution >= 4 is 21.6 Å². The van der Waals surface area contributed by atoms with Crippen LogP contribution in [0.25, 0.3) is 0 Å². The number of nitrogens with one attached hydrogen (secondary N) is 2. The van der Waals surface area contributed by atoms with Gasteiger partial charge >= 0.3 is 0 Å². The number of ether oxygens (including phenoxy) is 2. The molecule has 0 saturated carbocycles. The van der Waals surface area contributed by atoms with E-state index < -0.39 is 20.9 Å². The number of nitro benzene ring substituents is 1. The number of hydrogen-bond acceptors (Lipinski definition) is 7. The van der Waals surface area contributed by atoms with Gasteiger partial charge in [0.25, 0.3) is 11.6 Å². The van der Waals surface area contributed by atoms with Crippen LogP contribution in [0.5, 0.6) is 11.5 Å². The lowest BCUT2D eigenvalue weighted by Gasteiger charge is -2.09. The summed E-state index contributed by atoms with van der Waals surface area (Å²) in [6.45, 7) is 2.21. The van der Waals surface area contributed by atoms with Gasteiger partial charge in [0.05, 0.1) is 16.4 Å². The molecular formula is C18H21N3O7S. The summed E-state index contributed by atoms with van der Waals surface area (Å²) in [6.07, 6.45) is 0. The maximum absolute atomic E-state index is 12.1. The number of carbonyl (C=O) groups excluding carboxylic acids is 1. The molecule has 0 saturated heterocycles. The summed E-state index contributed by atoms with van der Waals surface area (Å²) in [7, 11) is -3.83. The average molecular weight is 423 g/mol. The second kappa shape index (κ2) is 10.4. The van der Waals surface area contributed by atoms with Gasteiger partial charge in [0.2, 0.25) is 10.0 Å². The normalized spacial score (nSPS) is 10.9. The molecule has 2 aromatic rings. The molecule has 2 aromatic carbocycles. The Balaban J connectivity index is 1.72. The Morgan fingerprint density at radius 3 is 2.14 bits per heavy atom. The maximum atomic E-state index is 12.1. The van der Waals surface area contributed by atoms with Gasteiger partial charge in [-0.3, -0.25) is 14.9 Å². The van der Waals surface area contributed by atoms with Crippen molar-refractivity contribution in [3.8, 4) is 11.5 Å². The van der Waals surface area contributed by atoms with Crippen LogP contribution in [-0.2, 0) is 14.8 Å². The van der Waals surface area contributed by atoms with E-state index in [1.165, 1.54) is 0 Å². The first-order valence-corrected chi connectivity index (χ1v) is 10.2. The zero-order chi connectivity index (χ0) is 21.3. The van der Waals surface area contributed by atoms with E-state index in [1.807, 2.05) is 6.92 Å². The summed E-state index contributed by atoms with van der Waals surface area (Å²) in [5.41, 5.74) is -0.205. The van der Waals surface area contributed by atoms with Crippen molar-refractivity contribution < 1.29 is 27.6 Å². The Morgan fingerprint density at radius 2 is 1.59 bits per heavy atom. The highest BCUT2D eigenvalue weighted by Crippen LogP contribution is 2.17. The van der Waals surface area contributed by atoms with Gasteiger partial charge in [0.15, 0.2) is 6.61 Å². The van der Waals surface area contributed by atoms with E-state index in [1.54, 1.807) is 24.3 Å². The lowest BCUT2D eigenvalue weighted by atomic mass is 10.3. The first-order valence-electron chi connectivity index (χ1n) is 8.68. The molecule has 2 N–H and O–H groups in total. The number of benzene rings is 2. The van der Waals surface area contributed by atoms with E-state index in [0.29, 0.717) is 18.1 Å². The zero-order valence-corrected chi connectivity index (χ0v) is 16.5. The first-order chi connectivity index (χ1) is 13.8. The summed E-state index contributed by atoms with van der Waals surface area (Å²) < 4.78 is 37.2. The minimum atomic E-state index is -3.83. The highest BCUT2D eigenvalue weighted by molar-refractivity contribution is 7.89. The Hall–Kier alpha value is -3.18. The molecule has 0 unspecified atom stereocenters. The van der Waals surface area contributed by atoms with Crippen LogP contribution in [0.3, 0.4) is 0 Å². The van der Waals surface area contributed by atoms with Crippen LogP contribution >= 0.6 is 0 Å². The molecule has 0 bridgehead atoms. The molecule has 0 aliphatic rings. The highest BCUT2D eigenvalue weighted by atomic mass is 32.2. The van der Waals surface area contributed by atoms with E-state index in [4.69, 9.17) is 9.47 Å². The van der Waals surface area contributed by atoms with E-state index in [0.717, 1.165) is 24.3 Å². The first kappa shape index (κ1) is 22.1. The van der Waals surface area contributed by atoms with Crippen LogP contribution in [0.4, 0.5) is 5.69 Å². The Morgan fingerprint density at radius 1 is 1.00 bits per heavy atom. The van der Waals surface area contributed by atoms with Gasteiger partial charge in [-0.2, -0.15) is 0 Å². The number of sulfonamides is 1. The van der Waals surface area contributed by atoms with Crippen molar-refractivity contribution in [1.82, 2.24) is 10.0 Å². The van der Waals surface area contributed by atoms with Gasteiger partial charge in [0.1, 0.15) is 11.5 Å². The van der Waals surface area contributed by atoms with Crippen LogP contribution in [0.1, 0.15) is 6.92 Å². The standard InChI is InChI=1S/C18H21N3O7S/c1-2-27-15-5-7-16(8-6-15)28-13-18(22)19-11-12-20-29(25,26)17-9-3-14(4-10-17)21(23)24/h3-10,20H,2,11-13H2,1H3,(H,19,22). The molecule has 2 rings (SSSR count). The number of rotatable bonds is 11. The fourth-order valence-corrected chi connectivity index (χ4v) is 3.25. The summed E-state index contributed by atoms with van der Waals surface area (Å²) in [6, 6.07) is 11.3. The summed E-state index contributed by atoms with van der Waals surface area (Å²) in [5, 5.41) is 13.1. The molecule has 1 amide bonds. The molecule has 0 heterocycles. The van der Waals surface area contributed by atoms with Crippen LogP contribution in [0.15, 0.2) is 53.4 Å². The Bertz CT molecular complexity index is 929. The predicted molar refractivity (Wildman–Crippen MR) is 104 cm³/mol. The molecular weight excluding hydrogens is 402 g/mol. The number of carbonyl (C=O) groups is 1. The number of nitro groups is 1. The van der Waals surface area contributed by atoms with Crippen molar-refractivity contribution in [3.05, 3.63) is 58.6 Å². The van der Waals surface area contributed by atoms with Crippen molar-refractivity contribution in [2.24, 2.45) is 0 Å². The second-order valence-electron chi connectivity index (χ2n) is 5.69. The molecule has 0 aromatic heterocycles. The van der Waals surface area contributed by atoms with Gasteiger partial charge in [-0.25, -0.2) is 13.1 Å². The quantitative estimate of drug-likeness (QED) is 0.317. The summed E-state index contributed by atoms with van der Waals surface area (Å²) in [5.74, 6) is 0.792. The van der Waals surface area contributed by atoms with E-state index in [2.05, 4.69) is 10.0 Å². The van der Waals surface area contributed by atoms with E-state index in [-0.39, 0.29) is 30.3 Å². The minimum Gasteiger partial charge on any atom is -0.494 e. The molecule has 0 atom stereocenters. The Labute approximate surface area is 168 Å². The third-order valence-electron chi connectivity index (χ3n) is 3.60. The van der Waals surface area contributed by atoms with Crippen LogP contribution in [0, 0.1) is 10.1 Å². The van der Waals surface area contributed by atoms with Gasteiger partial charge in [0, 0.05) is 25.2 Å². The second-order valence-corrected chi connectivity index (χ2v) is 7.46. The highest BCUT2D eigenvalue weighted by Gasteiger charge is 2.15. The van der Waals surface area contributed by atoms with Crippen molar-refractivity contribution in [2.75, 3.05) is 26.3 Å². The van der Waals surface area contributed by atoms with Crippen molar-refractivity contribution in [3.63, 3.8) is 0 Å². The zero-order valence-electron chi connectivity index (χ0n) is 15.7. The molecule has 0 aliphatic heterocycles. The smallest absolute Gasteiger partial charge is 0.269 e. The van der Waals surface area contributed by atoms with Crippen LogP contribution in [0.2, 0.25) is 0 Å². The molecule has 0 aliphatic carbocycles. The molecule has 11 heteroatoms. The van der Waals surface area contributed by atoms with Gasteiger partial charge in [-0.05, 0) is 43.3 Å². The predicted octanol–water partition coefficient (Wildman–Crippen LogP) is 1.47. The summed E-state index contributed by atoms with van der Waals surface area (Å²) in [4.78, 5) is 21.7. The third-order valence-corrected chi connectivity index (χ3v) is 5.08. The monoisotopic (exact) mass is 423 g/mol. The van der Waals surface area contributed by atoms with Crippen LogP contribution in [-0.4, -0.2) is 45.6 Å². The van der Waals surface area contributed by atoms with E-state index in [9.17, 15) is 23.3 Å². The topological polar surface area (TPSA) is 137 Å². The molecule has 156 valence electrons. The molecule has 29 heavy (non-hydrogen) atoms. The maximum Gasteiger partial charge on any atom is 0.269 e. The molecule has 10 nitrogen and oxygen atoms in total. The third kappa shape index (κ3) is 7.05. The van der Waals surface area contributed by atoms with Gasteiger partial charge in [-0.1, -0.05) is 0 Å². The van der Waals surface area contributed by atoms with Crippen molar-refractivity contribution in [2.45, 2.75) is 11.8 Å². The minimum absolute atomic E-state index is 0.0475. The van der Waals surface area contributed by atoms with Gasteiger partial charge < -0.3 is 14.8 Å². The number of nitrogens with zero attached hydrogens (tertiary/aromatic N) is 1. The lowest BCUT2D eigenvalue weighted by Crippen LogP contribution is -2.36. The largest absolute Gasteiger partial charge is 0.494 e. The van der Waals surface area contributed by atoms with E-state index >= 15 is 0 Å². The molecule has 0 fully saturated rings. The number of amides is 1. The van der Waals surface area contributed by atoms with Crippen molar-refractivity contribution in [1.29, 1.82) is 0 Å². The molecule has 0 radical (unpaired) electrons. The van der Waals surface area contributed by atoms with Gasteiger partial charge in [-0.15, -0.1) is 0 Å². The molecule has 0 spiro atoms. The number of hydrogen-bond donors (Lipinski definition) is 2. The fraction of sp³-hybridized carbons (Fsp3) is 0.278. The Kier molecular flexibility index (Phi) is 7.92.